The van der Waals surface area contributed by atoms with Crippen molar-refractivity contribution >= 4 is 0 Å². The lowest BCUT2D eigenvalue weighted by atomic mass is 9.83. The molecule has 1 heterocycles. The third kappa shape index (κ3) is 3.20. The van der Waals surface area contributed by atoms with Crippen LogP contribution in [0.4, 0.5) is 0 Å². The van der Waals surface area contributed by atoms with E-state index in [-0.39, 0.29) is 0 Å². The molecule has 3 rings (SSSR count). The van der Waals surface area contributed by atoms with E-state index in [1.54, 1.807) is 0 Å². The molecule has 1 saturated carbocycles. The molecule has 3 nitrogen and oxygen atoms in total. The molecule has 0 aliphatic heterocycles. The Morgan fingerprint density at radius 1 is 1.30 bits per heavy atom. The fourth-order valence-electron chi connectivity index (χ4n) is 3.21. The van der Waals surface area contributed by atoms with Crippen LogP contribution in [-0.4, -0.2) is 23.1 Å². The molecule has 20 heavy (non-hydrogen) atoms. The highest BCUT2D eigenvalue weighted by molar-refractivity contribution is 5.22. The Morgan fingerprint density at radius 3 is 2.85 bits per heavy atom. The van der Waals surface area contributed by atoms with Crippen molar-refractivity contribution in [2.45, 2.75) is 58.3 Å². The molecule has 1 aromatic heterocycles. The van der Waals surface area contributed by atoms with E-state index in [0.29, 0.717) is 5.92 Å². The first-order valence-electron chi connectivity index (χ1n) is 8.27. The van der Waals surface area contributed by atoms with Crippen LogP contribution >= 0.6 is 0 Å². The fourth-order valence-corrected chi connectivity index (χ4v) is 3.21. The molecule has 1 fully saturated rings. The van der Waals surface area contributed by atoms with E-state index in [1.807, 2.05) is 0 Å². The molecule has 0 aromatic carbocycles. The Hall–Kier alpha value is -0.960. The number of hydrogen-bond acceptors (Lipinski definition) is 3. The van der Waals surface area contributed by atoms with E-state index in [1.165, 1.54) is 36.9 Å². The van der Waals surface area contributed by atoms with Crippen molar-refractivity contribution < 1.29 is 0 Å². The van der Waals surface area contributed by atoms with Crippen LogP contribution in [-0.2, 0) is 12.8 Å². The van der Waals surface area contributed by atoms with Gasteiger partial charge in [0.15, 0.2) is 0 Å². The van der Waals surface area contributed by atoms with Gasteiger partial charge in [-0.2, -0.15) is 0 Å². The lowest BCUT2D eigenvalue weighted by molar-refractivity contribution is 0.387. The van der Waals surface area contributed by atoms with Crippen molar-refractivity contribution in [1.29, 1.82) is 0 Å². The van der Waals surface area contributed by atoms with Gasteiger partial charge in [-0.05, 0) is 62.6 Å². The molecule has 2 aliphatic rings. The average molecular weight is 273 g/mol. The molecule has 1 unspecified atom stereocenters. The molecule has 0 spiro atoms. The van der Waals surface area contributed by atoms with Crippen LogP contribution < -0.4 is 5.32 Å². The van der Waals surface area contributed by atoms with Crippen LogP contribution in [0.3, 0.4) is 0 Å². The van der Waals surface area contributed by atoms with Gasteiger partial charge in [0.1, 0.15) is 5.82 Å². The third-order valence-corrected chi connectivity index (χ3v) is 4.73. The number of rotatable bonds is 5. The van der Waals surface area contributed by atoms with E-state index in [2.05, 4.69) is 30.3 Å². The maximum Gasteiger partial charge on any atom is 0.131 e. The molecular formula is C17H27N3. The maximum atomic E-state index is 4.85. The molecule has 0 amide bonds. The Balaban J connectivity index is 1.57. The molecule has 1 N–H and O–H groups in total. The van der Waals surface area contributed by atoms with E-state index in [0.717, 1.165) is 43.6 Å². The van der Waals surface area contributed by atoms with Gasteiger partial charge in [0.05, 0.1) is 0 Å². The number of nitrogens with one attached hydrogen (secondary N) is 1. The zero-order chi connectivity index (χ0) is 13.9. The maximum absolute atomic E-state index is 4.85. The zero-order valence-electron chi connectivity index (χ0n) is 12.9. The molecule has 1 aromatic rings. The Kier molecular flexibility index (Phi) is 4.35. The van der Waals surface area contributed by atoms with E-state index >= 15 is 0 Å². The molecule has 1 atom stereocenters. The minimum Gasteiger partial charge on any atom is -0.316 e. The molecule has 0 bridgehead atoms. The van der Waals surface area contributed by atoms with Gasteiger partial charge in [-0.1, -0.05) is 20.3 Å². The molecule has 110 valence electrons. The number of nitrogens with zero attached hydrogens (tertiary/aromatic N) is 2. The summed E-state index contributed by atoms with van der Waals surface area (Å²) in [5, 5.41) is 3.59. The van der Waals surface area contributed by atoms with Crippen LogP contribution in [0.15, 0.2) is 6.20 Å². The topological polar surface area (TPSA) is 37.8 Å². The predicted molar refractivity (Wildman–Crippen MR) is 81.8 cm³/mol. The van der Waals surface area contributed by atoms with E-state index in [9.17, 15) is 0 Å². The highest BCUT2D eigenvalue weighted by atomic mass is 14.9. The molecule has 3 heteroatoms. The highest BCUT2D eigenvalue weighted by Gasteiger charge is 2.25. The average Bonchev–Trinajstić information content (AvgIpc) is 2.36. The second-order valence-corrected chi connectivity index (χ2v) is 6.99. The summed E-state index contributed by atoms with van der Waals surface area (Å²) in [6.45, 7) is 6.79. The summed E-state index contributed by atoms with van der Waals surface area (Å²) in [6, 6.07) is 0. The summed E-state index contributed by atoms with van der Waals surface area (Å²) in [7, 11) is 0. The highest BCUT2D eigenvalue weighted by Crippen LogP contribution is 2.35. The number of fused-ring (bicyclic) bond motifs is 1. The van der Waals surface area contributed by atoms with Gasteiger partial charge >= 0.3 is 0 Å². The summed E-state index contributed by atoms with van der Waals surface area (Å²) in [6.07, 6.45) is 9.64. The van der Waals surface area contributed by atoms with Crippen molar-refractivity contribution in [3.63, 3.8) is 0 Å². The predicted octanol–water partition coefficient (Wildman–Crippen LogP) is 3.09. The molecule has 0 radical (unpaired) electrons. The van der Waals surface area contributed by atoms with Crippen LogP contribution in [0.25, 0.3) is 0 Å². The normalized spacial score (nSPS) is 22.6. The molecule has 2 aliphatic carbocycles. The van der Waals surface area contributed by atoms with Crippen LogP contribution in [0.1, 0.15) is 62.5 Å². The third-order valence-electron chi connectivity index (χ3n) is 4.73. The van der Waals surface area contributed by atoms with Crippen molar-refractivity contribution in [1.82, 2.24) is 15.3 Å². The van der Waals surface area contributed by atoms with Crippen LogP contribution in [0, 0.1) is 11.8 Å². The van der Waals surface area contributed by atoms with Crippen molar-refractivity contribution in [2.75, 3.05) is 13.1 Å². The summed E-state index contributed by atoms with van der Waals surface area (Å²) < 4.78 is 0. The van der Waals surface area contributed by atoms with Gasteiger partial charge in [-0.15, -0.1) is 0 Å². The SMILES string of the molecule is CC(C)CNCC1CCc2nc(C3CCC3)ncc2C1. The quantitative estimate of drug-likeness (QED) is 0.896. The Bertz CT molecular complexity index is 452. The Labute approximate surface area is 122 Å². The van der Waals surface area contributed by atoms with Gasteiger partial charge in [-0.25, -0.2) is 9.97 Å². The first-order valence-corrected chi connectivity index (χ1v) is 8.27. The van der Waals surface area contributed by atoms with Gasteiger partial charge in [0, 0.05) is 17.8 Å². The smallest absolute Gasteiger partial charge is 0.131 e. The summed E-state index contributed by atoms with van der Waals surface area (Å²) in [4.78, 5) is 9.47. The second-order valence-electron chi connectivity index (χ2n) is 6.99. The summed E-state index contributed by atoms with van der Waals surface area (Å²) in [5.74, 6) is 3.27. The zero-order valence-corrected chi connectivity index (χ0v) is 12.9. The van der Waals surface area contributed by atoms with Gasteiger partial charge < -0.3 is 5.32 Å². The monoisotopic (exact) mass is 273 g/mol. The number of hydrogen-bond donors (Lipinski definition) is 1. The van der Waals surface area contributed by atoms with Crippen molar-refractivity contribution in [2.24, 2.45) is 11.8 Å². The number of aromatic nitrogens is 2. The molecular weight excluding hydrogens is 246 g/mol. The second kappa shape index (κ2) is 6.21. The van der Waals surface area contributed by atoms with Gasteiger partial charge in [0.2, 0.25) is 0 Å². The van der Waals surface area contributed by atoms with Gasteiger partial charge in [-0.3, -0.25) is 0 Å². The van der Waals surface area contributed by atoms with Crippen molar-refractivity contribution in [3.05, 3.63) is 23.3 Å². The standard InChI is InChI=1S/C17H27N3/c1-12(2)9-18-10-13-6-7-16-15(8-13)11-19-17(20-16)14-4-3-5-14/h11-14,18H,3-10H2,1-2H3. The van der Waals surface area contributed by atoms with Gasteiger partial charge in [0.25, 0.3) is 0 Å². The Morgan fingerprint density at radius 2 is 2.15 bits per heavy atom. The fraction of sp³-hybridized carbons (Fsp3) is 0.765. The number of aryl methyl sites for hydroxylation is 1. The largest absolute Gasteiger partial charge is 0.316 e. The summed E-state index contributed by atoms with van der Waals surface area (Å²) in [5.41, 5.74) is 2.73. The first-order chi connectivity index (χ1) is 9.72. The first kappa shape index (κ1) is 14.0. The van der Waals surface area contributed by atoms with E-state index < -0.39 is 0 Å². The lowest BCUT2D eigenvalue weighted by Gasteiger charge is -2.27. The summed E-state index contributed by atoms with van der Waals surface area (Å²) >= 11 is 0. The minimum absolute atomic E-state index is 0.658. The van der Waals surface area contributed by atoms with Crippen LogP contribution in [0.2, 0.25) is 0 Å². The minimum atomic E-state index is 0.658. The molecule has 0 saturated heterocycles. The lowest BCUT2D eigenvalue weighted by Crippen LogP contribution is -2.30. The van der Waals surface area contributed by atoms with Crippen molar-refractivity contribution in [3.8, 4) is 0 Å². The van der Waals surface area contributed by atoms with E-state index in [4.69, 9.17) is 4.98 Å². The van der Waals surface area contributed by atoms with Crippen LogP contribution in [0.5, 0.6) is 0 Å².